The second-order valence-electron chi connectivity index (χ2n) is 6.91. The number of aryl methyl sites for hydroxylation is 1. The smallest absolute Gasteiger partial charge is 0.410 e. The summed E-state index contributed by atoms with van der Waals surface area (Å²) in [6, 6.07) is 5.42. The molecule has 1 aromatic carbocycles. The van der Waals surface area contributed by atoms with E-state index in [1.54, 1.807) is 17.2 Å². The summed E-state index contributed by atoms with van der Waals surface area (Å²) >= 11 is 0. The number of aromatic nitrogens is 1. The molecule has 1 saturated carbocycles. The molecule has 4 nitrogen and oxygen atoms in total. The molecule has 0 bridgehead atoms. The van der Waals surface area contributed by atoms with Gasteiger partial charge in [-0.3, -0.25) is 9.88 Å². The van der Waals surface area contributed by atoms with Crippen LogP contribution in [0.3, 0.4) is 0 Å². The summed E-state index contributed by atoms with van der Waals surface area (Å²) in [6.45, 7) is 2.72. The van der Waals surface area contributed by atoms with Crippen molar-refractivity contribution >= 4 is 6.09 Å². The molecule has 1 aliphatic carbocycles. The van der Waals surface area contributed by atoms with E-state index in [0.29, 0.717) is 24.2 Å². The van der Waals surface area contributed by atoms with Crippen LogP contribution in [0.25, 0.3) is 11.1 Å². The van der Waals surface area contributed by atoms with E-state index in [2.05, 4.69) is 4.98 Å². The number of carbonyl (C=O) groups is 1. The van der Waals surface area contributed by atoms with Crippen LogP contribution >= 0.6 is 0 Å². The third kappa shape index (κ3) is 3.02. The fourth-order valence-electron chi connectivity index (χ4n) is 3.21. The molecule has 2 aliphatic rings. The summed E-state index contributed by atoms with van der Waals surface area (Å²) in [5, 5.41) is 0. The summed E-state index contributed by atoms with van der Waals surface area (Å²) in [5.41, 5.74) is 1.66. The molecule has 0 radical (unpaired) electrons. The predicted octanol–water partition coefficient (Wildman–Crippen LogP) is 4.62. The second-order valence-corrected chi connectivity index (χ2v) is 6.91. The van der Waals surface area contributed by atoms with E-state index >= 15 is 0 Å². The molecule has 1 saturated heterocycles. The first kappa shape index (κ1) is 16.9. The Kier molecular flexibility index (Phi) is 3.89. The van der Waals surface area contributed by atoms with E-state index in [-0.39, 0.29) is 11.7 Å². The van der Waals surface area contributed by atoms with E-state index in [0.717, 1.165) is 36.2 Å². The molecule has 4 rings (SSSR count). The van der Waals surface area contributed by atoms with Crippen LogP contribution in [0.15, 0.2) is 30.5 Å². The fourth-order valence-corrected chi connectivity index (χ4v) is 3.21. The minimum Gasteiger partial charge on any atom is -0.441 e. The first-order chi connectivity index (χ1) is 12.4. The number of alkyl halides is 2. The van der Waals surface area contributed by atoms with Crippen LogP contribution < -0.4 is 0 Å². The molecule has 0 N–H and O–H groups in total. The maximum absolute atomic E-state index is 13.5. The summed E-state index contributed by atoms with van der Waals surface area (Å²) in [7, 11) is 0. The zero-order valence-electron chi connectivity index (χ0n) is 14.1. The topological polar surface area (TPSA) is 42.4 Å². The predicted molar refractivity (Wildman–Crippen MR) is 88.2 cm³/mol. The zero-order chi connectivity index (χ0) is 18.5. The van der Waals surface area contributed by atoms with Crippen molar-refractivity contribution in [2.24, 2.45) is 0 Å². The van der Waals surface area contributed by atoms with Crippen molar-refractivity contribution in [3.63, 3.8) is 0 Å². The van der Waals surface area contributed by atoms with Gasteiger partial charge in [0.2, 0.25) is 0 Å². The van der Waals surface area contributed by atoms with Crippen molar-refractivity contribution in [3.05, 3.63) is 53.1 Å². The van der Waals surface area contributed by atoms with Crippen LogP contribution in [0.5, 0.6) is 0 Å². The standard InChI is InChI=1S/C19H17F3N2O2/c1-11-14(9-24-10-19(4-5-19)26-18(24)25)6-13(8-23-11)12-2-3-16(20)15(7-12)17(21)22/h2-3,6-8,17H,4-5,9-10H2,1H3. The van der Waals surface area contributed by atoms with Gasteiger partial charge in [0.15, 0.2) is 0 Å². The van der Waals surface area contributed by atoms with Gasteiger partial charge in [-0.1, -0.05) is 6.07 Å². The van der Waals surface area contributed by atoms with Crippen molar-refractivity contribution in [3.8, 4) is 11.1 Å². The van der Waals surface area contributed by atoms with Gasteiger partial charge in [0.25, 0.3) is 6.43 Å². The Hall–Kier alpha value is -2.57. The lowest BCUT2D eigenvalue weighted by atomic mass is 10.0. The average molecular weight is 362 g/mol. The molecular weight excluding hydrogens is 345 g/mol. The van der Waals surface area contributed by atoms with Crippen LogP contribution in [-0.2, 0) is 11.3 Å². The van der Waals surface area contributed by atoms with E-state index in [1.165, 1.54) is 6.07 Å². The highest BCUT2D eigenvalue weighted by Crippen LogP contribution is 2.45. The highest BCUT2D eigenvalue weighted by Gasteiger charge is 2.54. The summed E-state index contributed by atoms with van der Waals surface area (Å²) in [5.74, 6) is -0.932. The quantitative estimate of drug-likeness (QED) is 0.797. The molecule has 26 heavy (non-hydrogen) atoms. The molecule has 0 unspecified atom stereocenters. The highest BCUT2D eigenvalue weighted by molar-refractivity contribution is 5.72. The zero-order valence-corrected chi connectivity index (χ0v) is 14.1. The minimum absolute atomic E-state index is 0.306. The number of nitrogens with zero attached hydrogens (tertiary/aromatic N) is 2. The Bertz CT molecular complexity index is 881. The first-order valence-corrected chi connectivity index (χ1v) is 8.38. The van der Waals surface area contributed by atoms with Gasteiger partial charge in [0, 0.05) is 17.5 Å². The molecule has 2 fully saturated rings. The maximum Gasteiger partial charge on any atom is 0.410 e. The minimum atomic E-state index is -2.89. The number of hydrogen-bond acceptors (Lipinski definition) is 3. The molecule has 2 aromatic rings. The molecule has 1 aliphatic heterocycles. The van der Waals surface area contributed by atoms with Crippen molar-refractivity contribution in [1.82, 2.24) is 9.88 Å². The number of hydrogen-bond donors (Lipinski definition) is 0. The lowest BCUT2D eigenvalue weighted by molar-refractivity contribution is 0.122. The van der Waals surface area contributed by atoms with Crippen LogP contribution in [0.2, 0.25) is 0 Å². The molecule has 1 amide bonds. The van der Waals surface area contributed by atoms with Crippen LogP contribution in [0.1, 0.15) is 36.1 Å². The molecule has 1 aromatic heterocycles. The normalized spacial score (nSPS) is 17.9. The lowest BCUT2D eigenvalue weighted by Crippen LogP contribution is -2.25. The number of rotatable bonds is 4. The van der Waals surface area contributed by atoms with Crippen molar-refractivity contribution in [1.29, 1.82) is 0 Å². The molecule has 1 spiro atoms. The van der Waals surface area contributed by atoms with Crippen LogP contribution in [0.4, 0.5) is 18.0 Å². The van der Waals surface area contributed by atoms with E-state index < -0.39 is 17.8 Å². The summed E-state index contributed by atoms with van der Waals surface area (Å²) in [4.78, 5) is 18.0. The van der Waals surface area contributed by atoms with E-state index in [9.17, 15) is 18.0 Å². The van der Waals surface area contributed by atoms with E-state index in [1.807, 2.05) is 6.92 Å². The molecular formula is C19H17F3N2O2. The highest BCUT2D eigenvalue weighted by atomic mass is 19.3. The average Bonchev–Trinajstić information content (AvgIpc) is 3.27. The first-order valence-electron chi connectivity index (χ1n) is 8.38. The van der Waals surface area contributed by atoms with Crippen LogP contribution in [0, 0.1) is 12.7 Å². The van der Waals surface area contributed by atoms with Crippen molar-refractivity contribution in [2.45, 2.75) is 38.3 Å². The number of carbonyl (C=O) groups excluding carboxylic acids is 1. The lowest BCUT2D eigenvalue weighted by Gasteiger charge is -2.15. The Balaban J connectivity index is 1.62. The third-order valence-electron chi connectivity index (χ3n) is 4.97. The summed E-state index contributed by atoms with van der Waals surface area (Å²) < 4.78 is 44.8. The molecule has 136 valence electrons. The third-order valence-corrected chi connectivity index (χ3v) is 4.97. The Labute approximate surface area is 148 Å². The number of halogens is 3. The molecule has 7 heteroatoms. The monoisotopic (exact) mass is 362 g/mol. The Morgan fingerprint density at radius 3 is 2.69 bits per heavy atom. The maximum atomic E-state index is 13.5. The number of pyridine rings is 1. The van der Waals surface area contributed by atoms with Gasteiger partial charge in [-0.05, 0) is 49.1 Å². The number of amides is 1. The largest absolute Gasteiger partial charge is 0.441 e. The van der Waals surface area contributed by atoms with Gasteiger partial charge in [0.05, 0.1) is 18.7 Å². The molecule has 2 heterocycles. The number of benzene rings is 1. The van der Waals surface area contributed by atoms with Gasteiger partial charge in [0.1, 0.15) is 11.4 Å². The second kappa shape index (κ2) is 6.00. The van der Waals surface area contributed by atoms with E-state index in [4.69, 9.17) is 4.74 Å². The Morgan fingerprint density at radius 2 is 2.04 bits per heavy atom. The van der Waals surface area contributed by atoms with Crippen LogP contribution in [-0.4, -0.2) is 28.1 Å². The molecule has 0 atom stereocenters. The number of ether oxygens (including phenoxy) is 1. The fraction of sp³-hybridized carbons (Fsp3) is 0.368. The SMILES string of the molecule is Cc1ncc(-c2ccc(F)c(C(F)F)c2)cc1CN1CC2(CC2)OC1=O. The van der Waals surface area contributed by atoms with Gasteiger partial charge >= 0.3 is 6.09 Å². The van der Waals surface area contributed by atoms with Crippen molar-refractivity contribution < 1.29 is 22.7 Å². The van der Waals surface area contributed by atoms with Crippen molar-refractivity contribution in [2.75, 3.05) is 6.54 Å². The van der Waals surface area contributed by atoms with Gasteiger partial charge in [-0.2, -0.15) is 0 Å². The van der Waals surface area contributed by atoms with Gasteiger partial charge in [-0.25, -0.2) is 18.0 Å². The van der Waals surface area contributed by atoms with Gasteiger partial charge < -0.3 is 4.74 Å². The van der Waals surface area contributed by atoms with Gasteiger partial charge in [-0.15, -0.1) is 0 Å². The Morgan fingerprint density at radius 1 is 1.27 bits per heavy atom. The summed E-state index contributed by atoms with van der Waals surface area (Å²) in [6.07, 6.45) is 0.110.